The normalized spacial score (nSPS) is 19.6. The second kappa shape index (κ2) is 9.69. The summed E-state index contributed by atoms with van der Waals surface area (Å²) in [5.74, 6) is 0.426. The van der Waals surface area contributed by atoms with E-state index in [4.69, 9.17) is 16.9 Å². The molecule has 0 unspecified atom stereocenters. The number of carbonyl (C=O) groups excluding carboxylic acids is 1. The molecule has 1 aromatic carbocycles. The lowest BCUT2D eigenvalue weighted by molar-refractivity contribution is -0.118. The predicted octanol–water partition coefficient (Wildman–Crippen LogP) is 3.16. The van der Waals surface area contributed by atoms with Crippen molar-refractivity contribution in [2.75, 3.05) is 57.3 Å². The van der Waals surface area contributed by atoms with Crippen LogP contribution in [0.2, 0.25) is 5.02 Å². The maximum Gasteiger partial charge on any atom is 0.143 e. The third kappa shape index (κ3) is 5.22. The minimum absolute atomic E-state index is 0.0716. The summed E-state index contributed by atoms with van der Waals surface area (Å²) in [6.07, 6.45) is 3.55. The number of hydrogen-bond acceptors (Lipinski definition) is 5. The van der Waals surface area contributed by atoms with Gasteiger partial charge in [-0.2, -0.15) is 5.26 Å². The number of likely N-dealkylation sites (tertiary alicyclic amines) is 1. The van der Waals surface area contributed by atoms with Crippen LogP contribution >= 0.6 is 11.6 Å². The Kier molecular flexibility index (Phi) is 7.28. The molecule has 5 nitrogen and oxygen atoms in total. The molecule has 2 saturated heterocycles. The molecule has 2 aliphatic rings. The first-order valence-electron chi connectivity index (χ1n) is 10.0. The van der Waals surface area contributed by atoms with Crippen LogP contribution in [-0.4, -0.2) is 67.9 Å². The molecule has 2 fully saturated rings. The van der Waals surface area contributed by atoms with Gasteiger partial charge in [-0.05, 0) is 63.9 Å². The van der Waals surface area contributed by atoms with E-state index in [9.17, 15) is 9.18 Å². The number of Topliss-reactive ketones (excluding diaryl/α,β-unsaturated/α-hetero) is 1. The highest BCUT2D eigenvalue weighted by Gasteiger charge is 2.24. The maximum atomic E-state index is 13.7. The number of piperazine rings is 1. The summed E-state index contributed by atoms with van der Waals surface area (Å²) in [5.41, 5.74) is 0.676. The van der Waals surface area contributed by atoms with Crippen LogP contribution in [0.1, 0.15) is 31.7 Å². The highest BCUT2D eigenvalue weighted by atomic mass is 35.5. The van der Waals surface area contributed by atoms with Gasteiger partial charge >= 0.3 is 0 Å². The van der Waals surface area contributed by atoms with Crippen LogP contribution < -0.4 is 4.90 Å². The van der Waals surface area contributed by atoms with E-state index in [-0.39, 0.29) is 16.4 Å². The van der Waals surface area contributed by atoms with E-state index in [1.165, 1.54) is 25.3 Å². The van der Waals surface area contributed by atoms with Gasteiger partial charge in [-0.15, -0.1) is 0 Å². The molecule has 3 rings (SSSR count). The van der Waals surface area contributed by atoms with E-state index in [0.29, 0.717) is 6.54 Å². The Labute approximate surface area is 171 Å². The number of nitrogens with zero attached hydrogens (tertiary/aromatic N) is 4. The first-order chi connectivity index (χ1) is 13.5. The van der Waals surface area contributed by atoms with E-state index in [1.54, 1.807) is 13.0 Å². The van der Waals surface area contributed by atoms with Crippen LogP contribution in [0.4, 0.5) is 10.1 Å². The molecular formula is C21H28ClFN4O. The number of halogens is 2. The fourth-order valence-corrected chi connectivity index (χ4v) is 4.53. The SMILES string of the molecule is CC(=O)CN1CCC(CCN2CCN(c3ccc(F)c(C#N)c3Cl)CC2)CC1. The van der Waals surface area contributed by atoms with Crippen molar-refractivity contribution < 1.29 is 9.18 Å². The van der Waals surface area contributed by atoms with Crippen molar-refractivity contribution in [3.8, 4) is 6.07 Å². The molecule has 152 valence electrons. The molecule has 2 aliphatic heterocycles. The lowest BCUT2D eigenvalue weighted by atomic mass is 9.93. The number of ketones is 1. The first kappa shape index (κ1) is 21.0. The molecule has 0 aliphatic carbocycles. The van der Waals surface area contributed by atoms with Gasteiger partial charge in [0, 0.05) is 26.2 Å². The number of nitriles is 1. The number of hydrogen-bond donors (Lipinski definition) is 0. The van der Waals surface area contributed by atoms with Crippen molar-refractivity contribution in [3.05, 3.63) is 28.5 Å². The van der Waals surface area contributed by atoms with Crippen molar-refractivity contribution in [3.63, 3.8) is 0 Å². The Morgan fingerprint density at radius 3 is 2.46 bits per heavy atom. The van der Waals surface area contributed by atoms with Crippen LogP contribution in [0.3, 0.4) is 0 Å². The summed E-state index contributed by atoms with van der Waals surface area (Å²) in [5, 5.41) is 9.31. The molecular weight excluding hydrogens is 379 g/mol. The van der Waals surface area contributed by atoms with E-state index in [2.05, 4.69) is 14.7 Å². The highest BCUT2D eigenvalue weighted by Crippen LogP contribution is 2.31. The molecule has 0 aromatic heterocycles. The number of piperidine rings is 1. The zero-order valence-electron chi connectivity index (χ0n) is 16.5. The highest BCUT2D eigenvalue weighted by molar-refractivity contribution is 6.34. The summed E-state index contributed by atoms with van der Waals surface area (Å²) in [6.45, 7) is 8.94. The lowest BCUT2D eigenvalue weighted by Gasteiger charge is -2.38. The molecule has 0 N–H and O–H groups in total. The Bertz CT molecular complexity index is 735. The molecule has 0 saturated carbocycles. The largest absolute Gasteiger partial charge is 0.368 e. The smallest absolute Gasteiger partial charge is 0.143 e. The van der Waals surface area contributed by atoms with Gasteiger partial charge in [-0.3, -0.25) is 14.6 Å². The van der Waals surface area contributed by atoms with Gasteiger partial charge in [0.25, 0.3) is 0 Å². The zero-order chi connectivity index (χ0) is 20.1. The molecule has 1 aromatic rings. The minimum atomic E-state index is -0.566. The van der Waals surface area contributed by atoms with Crippen molar-refractivity contribution in [1.29, 1.82) is 5.26 Å². The fraction of sp³-hybridized carbons (Fsp3) is 0.619. The van der Waals surface area contributed by atoms with Crippen molar-refractivity contribution in [1.82, 2.24) is 9.80 Å². The molecule has 0 radical (unpaired) electrons. The molecule has 7 heteroatoms. The van der Waals surface area contributed by atoms with Crippen molar-refractivity contribution >= 4 is 23.1 Å². The Morgan fingerprint density at radius 1 is 1.18 bits per heavy atom. The summed E-state index contributed by atoms with van der Waals surface area (Å²) < 4.78 is 13.7. The fourth-order valence-electron chi connectivity index (χ4n) is 4.21. The van der Waals surface area contributed by atoms with E-state index in [0.717, 1.165) is 57.4 Å². The van der Waals surface area contributed by atoms with Crippen LogP contribution in [0, 0.1) is 23.1 Å². The number of rotatable bonds is 6. The number of benzene rings is 1. The Morgan fingerprint density at radius 2 is 1.86 bits per heavy atom. The molecule has 0 spiro atoms. The second-order valence-electron chi connectivity index (χ2n) is 7.91. The number of carbonyl (C=O) groups is 1. The Hall–Kier alpha value is -1.68. The quantitative estimate of drug-likeness (QED) is 0.726. The van der Waals surface area contributed by atoms with E-state index >= 15 is 0 Å². The lowest BCUT2D eigenvalue weighted by Crippen LogP contribution is -2.47. The summed E-state index contributed by atoms with van der Waals surface area (Å²) in [7, 11) is 0. The standard InChI is InChI=1S/C21H28ClFN4O/c1-16(28)15-26-8-5-17(6-9-26)4-7-25-10-12-27(13-11-25)20-3-2-19(23)18(14-24)21(20)22/h2-3,17H,4-13,15H2,1H3. The summed E-state index contributed by atoms with van der Waals surface area (Å²) in [6, 6.07) is 4.85. The summed E-state index contributed by atoms with van der Waals surface area (Å²) >= 11 is 6.25. The average molecular weight is 407 g/mol. The monoisotopic (exact) mass is 406 g/mol. The minimum Gasteiger partial charge on any atom is -0.368 e. The summed E-state index contributed by atoms with van der Waals surface area (Å²) in [4.78, 5) is 18.1. The van der Waals surface area contributed by atoms with Crippen LogP contribution in [0.5, 0.6) is 0 Å². The first-order valence-corrected chi connectivity index (χ1v) is 10.4. The molecule has 0 bridgehead atoms. The van der Waals surface area contributed by atoms with Gasteiger partial charge < -0.3 is 4.90 Å². The Balaban J connectivity index is 1.43. The predicted molar refractivity (Wildman–Crippen MR) is 109 cm³/mol. The molecule has 0 amide bonds. The van der Waals surface area contributed by atoms with Crippen LogP contribution in [0.25, 0.3) is 0 Å². The third-order valence-electron chi connectivity index (χ3n) is 5.90. The van der Waals surface area contributed by atoms with Gasteiger partial charge in [-0.1, -0.05) is 11.6 Å². The van der Waals surface area contributed by atoms with Gasteiger partial charge in [0.2, 0.25) is 0 Å². The van der Waals surface area contributed by atoms with Crippen LogP contribution in [-0.2, 0) is 4.79 Å². The molecule has 28 heavy (non-hydrogen) atoms. The maximum absolute atomic E-state index is 13.7. The molecule has 0 atom stereocenters. The van der Waals surface area contributed by atoms with Gasteiger partial charge in [0.05, 0.1) is 17.3 Å². The van der Waals surface area contributed by atoms with E-state index < -0.39 is 5.82 Å². The van der Waals surface area contributed by atoms with E-state index in [1.807, 2.05) is 6.07 Å². The van der Waals surface area contributed by atoms with Crippen LogP contribution in [0.15, 0.2) is 12.1 Å². The van der Waals surface area contributed by atoms with Crippen molar-refractivity contribution in [2.45, 2.75) is 26.2 Å². The molecule has 2 heterocycles. The number of anilines is 1. The van der Waals surface area contributed by atoms with Gasteiger partial charge in [-0.25, -0.2) is 4.39 Å². The van der Waals surface area contributed by atoms with Crippen molar-refractivity contribution in [2.24, 2.45) is 5.92 Å². The average Bonchev–Trinajstić information content (AvgIpc) is 2.68. The third-order valence-corrected chi connectivity index (χ3v) is 6.29. The zero-order valence-corrected chi connectivity index (χ0v) is 17.2. The van der Waals surface area contributed by atoms with Gasteiger partial charge in [0.15, 0.2) is 0 Å². The second-order valence-corrected chi connectivity index (χ2v) is 8.28. The van der Waals surface area contributed by atoms with Gasteiger partial charge in [0.1, 0.15) is 23.2 Å². The topological polar surface area (TPSA) is 50.6 Å².